The van der Waals surface area contributed by atoms with Gasteiger partial charge in [0.05, 0.1) is 0 Å². The third-order valence-corrected chi connectivity index (χ3v) is 3.36. The largest absolute Gasteiger partial charge is 1.00 e. The van der Waals surface area contributed by atoms with Crippen LogP contribution in [0.3, 0.4) is 0 Å². The molecule has 3 aromatic heterocycles. The maximum absolute atomic E-state index is 4.59. The molecule has 0 amide bonds. The maximum atomic E-state index is 4.59. The van der Waals surface area contributed by atoms with E-state index in [2.05, 4.69) is 159 Å². The number of hydrogen-bond acceptors (Lipinski definition) is 18. The molecule has 0 aliphatic heterocycles. The SMILES string of the molecule is [Cs+].[Cs+].[Cs+].[Cs+].[Cs+].[Cs+].[Cs+].[Cs+].[Cs+].[S-]c1nc([S-])nc([S-])n1.[S-]c1nc([S-])nc([S-])n1.[S-]c1nc([S-])nc([S-])n1. The smallest absolute Gasteiger partial charge is 0.740 e. The predicted octanol–water partition coefficient (Wildman–Crippen LogP) is -28.2. The van der Waals surface area contributed by atoms with E-state index in [1.54, 1.807) is 0 Å². The van der Waals surface area contributed by atoms with Gasteiger partial charge < -0.3 is 114 Å². The summed E-state index contributed by atoms with van der Waals surface area (Å²) in [5.74, 6) is 0. The molecular weight excluding hydrogens is 1720 g/mol. The average molecular weight is 1720 g/mol. The maximum Gasteiger partial charge on any atom is 1.00 e. The van der Waals surface area contributed by atoms with Crippen molar-refractivity contribution < 1.29 is 620 Å². The summed E-state index contributed by atoms with van der Waals surface area (Å²) in [5.41, 5.74) is 0. The van der Waals surface area contributed by atoms with Gasteiger partial charge in [0.2, 0.25) is 0 Å². The minimum Gasteiger partial charge on any atom is -0.740 e. The van der Waals surface area contributed by atoms with Crippen LogP contribution < -0.4 is 620 Å². The van der Waals surface area contributed by atoms with E-state index in [0.29, 0.717) is 0 Å². The van der Waals surface area contributed by atoms with Gasteiger partial charge in [-0.3, -0.25) is 44.9 Å². The molecule has 0 saturated carbocycles. The number of rotatable bonds is 0. The van der Waals surface area contributed by atoms with Crippen molar-refractivity contribution in [1.82, 2.24) is 44.9 Å². The molecule has 0 atom stereocenters. The van der Waals surface area contributed by atoms with Gasteiger partial charge in [0.1, 0.15) is 0 Å². The van der Waals surface area contributed by atoms with Crippen LogP contribution in [-0.4, -0.2) is 44.9 Å². The van der Waals surface area contributed by atoms with E-state index < -0.39 is 0 Å². The Kier molecular flexibility index (Phi) is 101. The molecule has 3 rings (SSSR count). The molecule has 0 spiro atoms. The molecule has 9 nitrogen and oxygen atoms in total. The molecule has 3 aromatic rings. The first kappa shape index (κ1) is 74.4. The number of hydrogen-bond donors (Lipinski definition) is 0. The molecule has 27 heteroatoms. The van der Waals surface area contributed by atoms with Gasteiger partial charge >= 0.3 is 620 Å². The fourth-order valence-electron chi connectivity index (χ4n) is 0.961. The molecular formula is C9Cs9N9S9. The Morgan fingerprint density at radius 3 is 0.306 bits per heavy atom. The molecule has 0 saturated heterocycles. The minimum absolute atomic E-state index is 0. The summed E-state index contributed by atoms with van der Waals surface area (Å²) in [5, 5.41) is 1.50. The first-order valence-electron chi connectivity index (χ1n) is 5.86. The van der Waals surface area contributed by atoms with Crippen molar-refractivity contribution in [2.24, 2.45) is 0 Å². The summed E-state index contributed by atoms with van der Waals surface area (Å²) >= 11 is 41.3. The third kappa shape index (κ3) is 45.9. The van der Waals surface area contributed by atoms with Gasteiger partial charge in [-0.2, -0.15) is 0 Å². The first-order chi connectivity index (χ1) is 12.5. The second-order valence-corrected chi connectivity index (χ2v) is 6.84. The second-order valence-electron chi connectivity index (χ2n) is 3.55. The van der Waals surface area contributed by atoms with Crippen molar-refractivity contribution in [3.05, 3.63) is 0 Å². The van der Waals surface area contributed by atoms with Crippen LogP contribution in [0.4, 0.5) is 0 Å². The fourth-order valence-corrected chi connectivity index (χ4v) is 3.04. The summed E-state index contributed by atoms with van der Waals surface area (Å²) in [4.78, 5) is 32.2. The first-order valence-corrected chi connectivity index (χ1v) is 9.54. The van der Waals surface area contributed by atoms with Gasteiger partial charge in [-0.15, -0.1) is 0 Å². The fraction of sp³-hybridized carbons (Fsp3) is 0. The molecule has 0 unspecified atom stereocenters. The Morgan fingerprint density at radius 2 is 0.250 bits per heavy atom. The van der Waals surface area contributed by atoms with Crippen molar-refractivity contribution in [3.8, 4) is 0 Å². The van der Waals surface area contributed by atoms with Gasteiger partial charge in [0, 0.05) is 46.4 Å². The van der Waals surface area contributed by atoms with E-state index in [0.717, 1.165) is 0 Å². The van der Waals surface area contributed by atoms with E-state index in [4.69, 9.17) is 0 Å². The Bertz CT molecular complexity index is 672. The Morgan fingerprint density at radius 1 is 0.194 bits per heavy atom. The molecule has 0 aromatic carbocycles. The Balaban J connectivity index is -0.0000000386. The number of aromatic nitrogens is 9. The van der Waals surface area contributed by atoms with Gasteiger partial charge in [0.25, 0.3) is 0 Å². The van der Waals surface area contributed by atoms with Crippen molar-refractivity contribution in [2.45, 2.75) is 46.4 Å². The van der Waals surface area contributed by atoms with Crippen molar-refractivity contribution in [3.63, 3.8) is 0 Å². The van der Waals surface area contributed by atoms with Crippen molar-refractivity contribution in [2.75, 3.05) is 0 Å². The van der Waals surface area contributed by atoms with Crippen LogP contribution in [0, 0.1) is 0 Å². The van der Waals surface area contributed by atoms with E-state index in [1.165, 1.54) is 0 Å². The van der Waals surface area contributed by atoms with E-state index in [1.807, 2.05) is 0 Å². The van der Waals surface area contributed by atoms with Gasteiger partial charge in [-0.1, -0.05) is 0 Å². The molecule has 0 aliphatic rings. The normalized spacial score (nSPS) is 7.00. The second kappa shape index (κ2) is 48.6. The zero-order valence-electron chi connectivity index (χ0n) is 21.2. The monoisotopic (exact) mass is 1720 g/mol. The molecule has 0 N–H and O–H groups in total. The standard InChI is InChI=1S/3C3H3N3S3.9Cs/c3*7-1-4-2(8)6-3(9)5-1;;;;;;;;;/h3*(H3,4,5,6,7,8,9);;;;;;;;;/q;;;9*+1/p-9. The van der Waals surface area contributed by atoms with Crippen LogP contribution in [0.1, 0.15) is 0 Å². The topological polar surface area (TPSA) is 116 Å². The Labute approximate surface area is 791 Å². The number of nitrogens with zero attached hydrogens (tertiary/aromatic N) is 9. The summed E-state index contributed by atoms with van der Waals surface area (Å²) in [6.45, 7) is 0. The third-order valence-electron chi connectivity index (χ3n) is 1.72. The van der Waals surface area contributed by atoms with Crippen LogP contribution in [0.5, 0.6) is 0 Å². The van der Waals surface area contributed by atoms with Crippen LogP contribution in [0.2, 0.25) is 0 Å². The zero-order valence-corrected chi connectivity index (χ0v) is 85.1. The van der Waals surface area contributed by atoms with E-state index >= 15 is 0 Å². The molecule has 0 aliphatic carbocycles. The molecule has 0 radical (unpaired) electrons. The summed E-state index contributed by atoms with van der Waals surface area (Å²) in [7, 11) is 0. The van der Waals surface area contributed by atoms with E-state index in [9.17, 15) is 0 Å². The molecule has 144 valence electrons. The summed E-state index contributed by atoms with van der Waals surface area (Å²) < 4.78 is 0. The minimum atomic E-state index is 0. The average Bonchev–Trinajstić information content (AvgIpc) is 2.43. The predicted molar refractivity (Wildman–Crippen MR) is 110 cm³/mol. The molecule has 0 bridgehead atoms. The zero-order chi connectivity index (χ0) is 20.6. The quantitative estimate of drug-likeness (QED) is 0.199. The Hall–Kier alpha value is 17.5. The van der Waals surface area contributed by atoms with E-state index in [-0.39, 0.29) is 666 Å². The van der Waals surface area contributed by atoms with Crippen LogP contribution in [-0.2, 0) is 114 Å². The van der Waals surface area contributed by atoms with Crippen LogP contribution in [0.15, 0.2) is 46.4 Å². The molecule has 0 fully saturated rings. The molecule has 36 heavy (non-hydrogen) atoms. The van der Waals surface area contributed by atoms with Crippen LogP contribution in [0.25, 0.3) is 0 Å². The van der Waals surface area contributed by atoms with Crippen LogP contribution >= 0.6 is 0 Å². The van der Waals surface area contributed by atoms with Crippen molar-refractivity contribution in [1.29, 1.82) is 0 Å². The molecule has 3 heterocycles. The van der Waals surface area contributed by atoms with Crippen molar-refractivity contribution >= 4 is 114 Å². The van der Waals surface area contributed by atoms with Gasteiger partial charge in [-0.25, -0.2) is 0 Å². The van der Waals surface area contributed by atoms with Gasteiger partial charge in [0.15, 0.2) is 0 Å². The van der Waals surface area contributed by atoms with Gasteiger partial charge in [-0.05, 0) is 0 Å². The summed E-state index contributed by atoms with van der Waals surface area (Å²) in [6.07, 6.45) is 0. The summed E-state index contributed by atoms with van der Waals surface area (Å²) in [6, 6.07) is 0.